The second kappa shape index (κ2) is 30.6. The maximum Gasteiger partial charge on any atom is 0.417 e. The first-order chi connectivity index (χ1) is 38.3. The normalized spacial score (nSPS) is 10.5. The second-order valence-corrected chi connectivity index (χ2v) is 16.0. The number of hydrogen-bond acceptors (Lipinski definition) is 18. The van der Waals surface area contributed by atoms with Crippen molar-refractivity contribution in [2.45, 2.75) is 12.4 Å². The lowest BCUT2D eigenvalue weighted by atomic mass is 10.2. The van der Waals surface area contributed by atoms with Crippen LogP contribution in [-0.2, 0) is 31.5 Å². The number of nitrogens with two attached hydrogens (primary N) is 2. The molecule has 1 amide bonds. The number of carbonyl (C=O) groups excluding carboxylic acids is 1. The van der Waals surface area contributed by atoms with E-state index < -0.39 is 70.5 Å². The molecule has 0 spiro atoms. The quantitative estimate of drug-likeness (QED) is 0.0229. The fourth-order valence-corrected chi connectivity index (χ4v) is 6.09. The van der Waals surface area contributed by atoms with Gasteiger partial charge in [-0.2, -0.15) is 26.3 Å². The van der Waals surface area contributed by atoms with E-state index in [0.29, 0.717) is 34.3 Å². The standard InChI is InChI=1S/C16H11ClF3N5O2.C9H8N4O3.C8H7NO5.C8H9NO3.C7H5ClF3N/c17-14-5-4-10(6-13(14)16(18,19)20)22-15(26)8-27-12-3-1-2-11(7-12)25-9-21-23-24-25;14-9(15)5-16-8-3-1-2-7(4-8)13-6-10-11-12-13;10-8(11)5-14-7-3-1-2-6(4-7)9(12)13;9-6-2-1-3-7(4-6)12-5-8(10)11;8-6-2-1-4(12)3-5(6)7(9,10)11/h1-7,9H,8H2,(H,22,26);1-4,6H,5H2,(H,14,15);1-4H,5H2,(H,10,11);1-4H,5,9H2,(H,10,11);1-3H,12H2. The van der Waals surface area contributed by atoms with E-state index in [4.69, 9.17) is 68.9 Å². The maximum absolute atomic E-state index is 12.9. The van der Waals surface area contributed by atoms with Gasteiger partial charge in [0, 0.05) is 41.3 Å². The fourth-order valence-electron chi connectivity index (χ4n) is 5.64. The lowest BCUT2D eigenvalue weighted by Gasteiger charge is -2.12. The minimum Gasteiger partial charge on any atom is -0.484 e. The fraction of sp³-hybridized carbons (Fsp3) is 0.125. The molecular weight excluding hydrogens is 1140 g/mol. The van der Waals surface area contributed by atoms with Gasteiger partial charge in [-0.3, -0.25) is 14.9 Å². The molecule has 0 aliphatic carbocycles. The zero-order valence-electron chi connectivity index (χ0n) is 40.8. The molecule has 0 atom stereocenters. The highest BCUT2D eigenvalue weighted by Gasteiger charge is 2.34. The minimum absolute atomic E-state index is 0.0391. The molecule has 6 aromatic carbocycles. The number of carbonyl (C=O) groups is 4. The molecule has 8 N–H and O–H groups in total. The van der Waals surface area contributed by atoms with Crippen LogP contribution in [0.3, 0.4) is 0 Å². The highest BCUT2D eigenvalue weighted by Crippen LogP contribution is 2.37. The van der Waals surface area contributed by atoms with Crippen LogP contribution in [0.25, 0.3) is 11.4 Å². The smallest absolute Gasteiger partial charge is 0.417 e. The maximum atomic E-state index is 12.9. The number of aromatic nitrogens is 8. The number of anilines is 3. The van der Waals surface area contributed by atoms with E-state index >= 15 is 0 Å². The number of ether oxygens (including phenoxy) is 4. The number of carboxylic acids is 3. The van der Waals surface area contributed by atoms with Gasteiger partial charge in [-0.15, -0.1) is 10.2 Å². The van der Waals surface area contributed by atoms with Gasteiger partial charge < -0.3 is 51.1 Å². The van der Waals surface area contributed by atoms with E-state index in [-0.39, 0.29) is 41.0 Å². The molecular formula is C48H40Cl2F6N12O13. The molecule has 8 aromatic rings. The molecule has 2 aromatic heterocycles. The third kappa shape index (κ3) is 23.1. The van der Waals surface area contributed by atoms with E-state index in [9.17, 15) is 55.6 Å². The summed E-state index contributed by atoms with van der Waals surface area (Å²) in [4.78, 5) is 52.3. The molecule has 0 bridgehead atoms. The van der Waals surface area contributed by atoms with Gasteiger partial charge in [0.15, 0.2) is 26.4 Å². The number of non-ortho nitro benzene ring substituents is 1. The highest BCUT2D eigenvalue weighted by molar-refractivity contribution is 6.31. The Morgan fingerprint density at radius 1 is 0.556 bits per heavy atom. The number of rotatable bonds is 16. The molecule has 25 nitrogen and oxygen atoms in total. The Bertz CT molecular complexity index is 3370. The number of alkyl halides is 6. The molecule has 426 valence electrons. The van der Waals surface area contributed by atoms with Crippen molar-refractivity contribution in [1.82, 2.24) is 40.4 Å². The van der Waals surface area contributed by atoms with Crippen LogP contribution >= 0.6 is 23.2 Å². The van der Waals surface area contributed by atoms with E-state index in [0.717, 1.165) is 24.3 Å². The summed E-state index contributed by atoms with van der Waals surface area (Å²) in [5, 5.41) is 58.4. The third-order valence-electron chi connectivity index (χ3n) is 9.06. The van der Waals surface area contributed by atoms with E-state index in [1.165, 1.54) is 58.4 Å². The van der Waals surface area contributed by atoms with E-state index in [1.54, 1.807) is 72.8 Å². The Hall–Kier alpha value is -10.3. The number of nitro benzene ring substituents is 1. The first-order valence-electron chi connectivity index (χ1n) is 22.0. The molecule has 0 aliphatic rings. The van der Waals surface area contributed by atoms with Gasteiger partial charge in [-0.1, -0.05) is 47.5 Å². The largest absolute Gasteiger partial charge is 0.484 e. The summed E-state index contributed by atoms with van der Waals surface area (Å²) in [6.07, 6.45) is -6.22. The van der Waals surface area contributed by atoms with Crippen LogP contribution in [0.5, 0.6) is 23.0 Å². The summed E-state index contributed by atoms with van der Waals surface area (Å²) in [5.41, 5.74) is 10.4. The Balaban J connectivity index is 0.000000228. The van der Waals surface area contributed by atoms with E-state index in [2.05, 4.69) is 36.4 Å². The summed E-state index contributed by atoms with van der Waals surface area (Å²) in [6, 6.07) is 31.8. The van der Waals surface area contributed by atoms with Gasteiger partial charge in [0.05, 0.1) is 43.5 Å². The van der Waals surface area contributed by atoms with Crippen LogP contribution < -0.4 is 35.7 Å². The molecule has 81 heavy (non-hydrogen) atoms. The minimum atomic E-state index is -4.62. The monoisotopic (exact) mass is 1180 g/mol. The summed E-state index contributed by atoms with van der Waals surface area (Å²) >= 11 is 10.8. The van der Waals surface area contributed by atoms with Crippen LogP contribution in [0.2, 0.25) is 10.0 Å². The highest BCUT2D eigenvalue weighted by atomic mass is 35.5. The van der Waals surface area contributed by atoms with Crippen molar-refractivity contribution in [1.29, 1.82) is 0 Å². The number of halogens is 8. The number of nitrogens with zero attached hydrogens (tertiary/aromatic N) is 9. The molecule has 33 heteroatoms. The molecule has 0 fully saturated rings. The molecule has 0 saturated carbocycles. The molecule has 0 saturated heterocycles. The number of nitrogens with one attached hydrogen (secondary N) is 1. The van der Waals surface area contributed by atoms with Crippen molar-refractivity contribution >= 4 is 69.8 Å². The number of benzene rings is 6. The zero-order valence-corrected chi connectivity index (χ0v) is 42.3. The number of hydrogen-bond donors (Lipinski definition) is 6. The summed E-state index contributed by atoms with van der Waals surface area (Å²) in [7, 11) is 0. The number of nitrogen functional groups attached to an aromatic ring is 2. The average molecular weight is 1180 g/mol. The molecule has 0 aliphatic heterocycles. The first-order valence-corrected chi connectivity index (χ1v) is 22.7. The Morgan fingerprint density at radius 3 is 1.38 bits per heavy atom. The van der Waals surface area contributed by atoms with Gasteiger partial charge in [0.1, 0.15) is 35.7 Å². The van der Waals surface area contributed by atoms with Gasteiger partial charge in [-0.05, 0) is 99.7 Å². The number of nitro groups is 1. The van der Waals surface area contributed by atoms with Gasteiger partial charge in [-0.25, -0.2) is 23.7 Å². The van der Waals surface area contributed by atoms with Crippen LogP contribution in [0.15, 0.2) is 146 Å². The van der Waals surface area contributed by atoms with Crippen molar-refractivity contribution in [3.05, 3.63) is 177 Å². The van der Waals surface area contributed by atoms with Crippen LogP contribution in [-0.4, -0.2) is 111 Å². The summed E-state index contributed by atoms with van der Waals surface area (Å²) in [5.74, 6) is -2.32. The molecule has 0 radical (unpaired) electrons. The van der Waals surface area contributed by atoms with Crippen molar-refractivity contribution in [3.63, 3.8) is 0 Å². The number of aliphatic carboxylic acids is 3. The van der Waals surface area contributed by atoms with Crippen LogP contribution in [0, 0.1) is 10.1 Å². The Morgan fingerprint density at radius 2 is 0.963 bits per heavy atom. The van der Waals surface area contributed by atoms with Crippen molar-refractivity contribution < 1.29 is 84.7 Å². The topological polar surface area (TPSA) is 360 Å². The van der Waals surface area contributed by atoms with Gasteiger partial charge in [0.2, 0.25) is 0 Å². The zero-order chi connectivity index (χ0) is 59.7. The molecule has 2 heterocycles. The molecule has 8 rings (SSSR count). The number of tetrazole rings is 2. The first kappa shape index (κ1) is 63.2. The number of amides is 1. The average Bonchev–Trinajstić information content (AvgIpc) is 4.18. The molecule has 0 unspecified atom stereocenters. The van der Waals surface area contributed by atoms with E-state index in [1.807, 2.05) is 0 Å². The van der Waals surface area contributed by atoms with Crippen molar-refractivity contribution in [3.8, 4) is 34.4 Å². The van der Waals surface area contributed by atoms with Crippen molar-refractivity contribution in [2.24, 2.45) is 0 Å². The van der Waals surface area contributed by atoms with Crippen molar-refractivity contribution in [2.75, 3.05) is 43.2 Å². The Kier molecular flexibility index (Phi) is 23.9. The predicted molar refractivity (Wildman–Crippen MR) is 273 cm³/mol. The lowest BCUT2D eigenvalue weighted by molar-refractivity contribution is -0.384. The van der Waals surface area contributed by atoms with Crippen LogP contribution in [0.1, 0.15) is 11.1 Å². The number of carboxylic acid groups (broad SMARTS) is 3. The Labute approximate surface area is 460 Å². The van der Waals surface area contributed by atoms with Gasteiger partial charge >= 0.3 is 30.3 Å². The SMILES string of the molecule is Nc1ccc(Cl)c(C(F)(F)F)c1.Nc1cccc(OCC(=O)O)c1.O=C(COc1cccc(-n2cnnn2)c1)Nc1ccc(Cl)c(C(F)(F)F)c1.O=C(O)COc1cccc(-n2cnnn2)c1.O=C(O)COc1cccc([N+](=O)[O-])c1. The van der Waals surface area contributed by atoms with Crippen LogP contribution in [0.4, 0.5) is 49.1 Å². The summed E-state index contributed by atoms with van der Waals surface area (Å²) in [6.45, 7) is -1.63. The lowest BCUT2D eigenvalue weighted by Crippen LogP contribution is -2.20. The predicted octanol–water partition coefficient (Wildman–Crippen LogP) is 8.21. The van der Waals surface area contributed by atoms with Gasteiger partial charge in [0.25, 0.3) is 11.6 Å². The second-order valence-electron chi connectivity index (χ2n) is 15.1. The summed E-state index contributed by atoms with van der Waals surface area (Å²) < 4.78 is 97.7. The third-order valence-corrected chi connectivity index (χ3v) is 9.72.